The Hall–Kier alpha value is 0.1000. The lowest BCUT2D eigenvalue weighted by Gasteiger charge is -2.38. The van der Waals surface area contributed by atoms with E-state index in [9.17, 15) is 0 Å². The van der Waals surface area contributed by atoms with E-state index in [1.165, 1.54) is 8.66 Å². The first-order chi connectivity index (χ1) is 7.58. The molecular formula is C12H19BrN2S. The largest absolute Gasteiger partial charge is 0.327 e. The first-order valence-corrected chi connectivity index (χ1v) is 7.43. The molecule has 0 aliphatic carbocycles. The second-order valence-corrected chi connectivity index (χ2v) is 7.24. The van der Waals surface area contributed by atoms with Crippen molar-refractivity contribution in [2.45, 2.75) is 32.4 Å². The number of piperidine rings is 1. The van der Waals surface area contributed by atoms with Gasteiger partial charge < -0.3 is 5.73 Å². The molecule has 2 N–H and O–H groups in total. The summed E-state index contributed by atoms with van der Waals surface area (Å²) in [6.45, 7) is 6.80. The van der Waals surface area contributed by atoms with Crippen LogP contribution >= 0.6 is 27.3 Å². The third-order valence-electron chi connectivity index (χ3n) is 3.56. The van der Waals surface area contributed by atoms with Gasteiger partial charge in [-0.15, -0.1) is 11.3 Å². The number of rotatable bonds is 2. The van der Waals surface area contributed by atoms with Gasteiger partial charge in [-0.2, -0.15) is 0 Å². The maximum Gasteiger partial charge on any atom is 0.0701 e. The summed E-state index contributed by atoms with van der Waals surface area (Å²) in [6, 6.07) is 5.26. The Morgan fingerprint density at radius 3 is 2.88 bits per heavy atom. The van der Waals surface area contributed by atoms with Gasteiger partial charge in [0.15, 0.2) is 0 Å². The standard InChI is InChI=1S/C12H19BrN2S/c1-8-7-15(6-5-10(8)14)9(2)11-3-4-12(13)16-11/h3-4,8-10H,5-7,14H2,1-2H3. The highest BCUT2D eigenvalue weighted by molar-refractivity contribution is 9.11. The molecule has 90 valence electrons. The average molecular weight is 303 g/mol. The summed E-state index contributed by atoms with van der Waals surface area (Å²) in [5.74, 6) is 0.611. The molecule has 1 aromatic rings. The van der Waals surface area contributed by atoms with E-state index in [-0.39, 0.29) is 0 Å². The summed E-state index contributed by atoms with van der Waals surface area (Å²) in [5, 5.41) is 0. The number of likely N-dealkylation sites (tertiary alicyclic amines) is 1. The molecule has 0 aromatic carbocycles. The molecule has 3 atom stereocenters. The molecule has 1 aliphatic rings. The number of nitrogens with two attached hydrogens (primary N) is 1. The van der Waals surface area contributed by atoms with E-state index in [1.807, 2.05) is 11.3 Å². The molecule has 1 fully saturated rings. The Morgan fingerprint density at radius 2 is 2.31 bits per heavy atom. The van der Waals surface area contributed by atoms with Crippen LogP contribution in [-0.2, 0) is 0 Å². The highest BCUT2D eigenvalue weighted by atomic mass is 79.9. The van der Waals surface area contributed by atoms with Gasteiger partial charge in [0.25, 0.3) is 0 Å². The van der Waals surface area contributed by atoms with Gasteiger partial charge in [0.05, 0.1) is 3.79 Å². The van der Waals surface area contributed by atoms with E-state index in [2.05, 4.69) is 46.8 Å². The molecule has 0 radical (unpaired) electrons. The second-order valence-electron chi connectivity index (χ2n) is 4.74. The van der Waals surface area contributed by atoms with E-state index in [1.54, 1.807) is 0 Å². The Kier molecular flexibility index (Phi) is 4.06. The van der Waals surface area contributed by atoms with Crippen LogP contribution in [0.5, 0.6) is 0 Å². The van der Waals surface area contributed by atoms with Crippen molar-refractivity contribution in [3.05, 3.63) is 20.8 Å². The van der Waals surface area contributed by atoms with Crippen molar-refractivity contribution >= 4 is 27.3 Å². The Morgan fingerprint density at radius 1 is 1.56 bits per heavy atom. The van der Waals surface area contributed by atoms with E-state index in [0.717, 1.165) is 19.5 Å². The van der Waals surface area contributed by atoms with Crippen LogP contribution in [0, 0.1) is 5.92 Å². The monoisotopic (exact) mass is 302 g/mol. The summed E-state index contributed by atoms with van der Waals surface area (Å²) < 4.78 is 1.22. The number of hydrogen-bond donors (Lipinski definition) is 1. The van der Waals surface area contributed by atoms with Gasteiger partial charge in [-0.1, -0.05) is 6.92 Å². The molecule has 2 rings (SSSR count). The van der Waals surface area contributed by atoms with Gasteiger partial charge >= 0.3 is 0 Å². The van der Waals surface area contributed by atoms with E-state index in [4.69, 9.17) is 5.73 Å². The molecule has 0 bridgehead atoms. The maximum absolute atomic E-state index is 6.05. The number of hydrogen-bond acceptors (Lipinski definition) is 3. The topological polar surface area (TPSA) is 29.3 Å². The van der Waals surface area contributed by atoms with Crippen LogP contribution in [0.3, 0.4) is 0 Å². The summed E-state index contributed by atoms with van der Waals surface area (Å²) >= 11 is 5.36. The van der Waals surface area contributed by atoms with Crippen LogP contribution in [-0.4, -0.2) is 24.0 Å². The molecule has 0 spiro atoms. The first-order valence-electron chi connectivity index (χ1n) is 5.83. The average Bonchev–Trinajstić information content (AvgIpc) is 2.68. The van der Waals surface area contributed by atoms with Crippen LogP contribution in [0.15, 0.2) is 15.9 Å². The third kappa shape index (κ3) is 2.67. The number of thiophene rings is 1. The fourth-order valence-corrected chi connectivity index (χ4v) is 3.79. The summed E-state index contributed by atoms with van der Waals surface area (Å²) in [5.41, 5.74) is 6.05. The molecule has 2 nitrogen and oxygen atoms in total. The third-order valence-corrected chi connectivity index (χ3v) is 5.35. The van der Waals surface area contributed by atoms with E-state index < -0.39 is 0 Å². The lowest BCUT2D eigenvalue weighted by Crippen LogP contribution is -2.46. The van der Waals surface area contributed by atoms with E-state index in [0.29, 0.717) is 18.0 Å². The van der Waals surface area contributed by atoms with Gasteiger partial charge in [-0.05, 0) is 47.3 Å². The maximum atomic E-state index is 6.05. The summed E-state index contributed by atoms with van der Waals surface area (Å²) in [6.07, 6.45) is 1.12. The summed E-state index contributed by atoms with van der Waals surface area (Å²) in [4.78, 5) is 3.99. The Labute approximate surface area is 110 Å². The van der Waals surface area contributed by atoms with Gasteiger partial charge in [-0.25, -0.2) is 0 Å². The van der Waals surface area contributed by atoms with Crippen LogP contribution in [0.2, 0.25) is 0 Å². The minimum atomic E-state index is 0.388. The zero-order valence-corrected chi connectivity index (χ0v) is 12.2. The van der Waals surface area contributed by atoms with Gasteiger partial charge in [0, 0.05) is 30.1 Å². The van der Waals surface area contributed by atoms with Gasteiger partial charge in [0.1, 0.15) is 0 Å². The fourth-order valence-electron chi connectivity index (χ4n) is 2.28. The van der Waals surface area contributed by atoms with Crippen LogP contribution < -0.4 is 5.73 Å². The molecular weight excluding hydrogens is 284 g/mol. The fraction of sp³-hybridized carbons (Fsp3) is 0.667. The first kappa shape index (κ1) is 12.6. The van der Waals surface area contributed by atoms with Crippen LogP contribution in [0.1, 0.15) is 31.2 Å². The van der Waals surface area contributed by atoms with Crippen molar-refractivity contribution in [3.8, 4) is 0 Å². The molecule has 3 unspecified atom stereocenters. The number of halogens is 1. The van der Waals surface area contributed by atoms with Crippen molar-refractivity contribution in [2.24, 2.45) is 11.7 Å². The van der Waals surface area contributed by atoms with Crippen molar-refractivity contribution in [2.75, 3.05) is 13.1 Å². The highest BCUT2D eigenvalue weighted by Gasteiger charge is 2.27. The molecule has 0 amide bonds. The van der Waals surface area contributed by atoms with Crippen LogP contribution in [0.25, 0.3) is 0 Å². The molecule has 1 aromatic heterocycles. The molecule has 1 aliphatic heterocycles. The Bertz CT molecular complexity index is 353. The predicted octanol–water partition coefficient (Wildman–Crippen LogP) is 3.24. The highest BCUT2D eigenvalue weighted by Crippen LogP contribution is 2.32. The van der Waals surface area contributed by atoms with E-state index >= 15 is 0 Å². The zero-order chi connectivity index (χ0) is 11.7. The summed E-state index contributed by atoms with van der Waals surface area (Å²) in [7, 11) is 0. The molecule has 0 saturated carbocycles. The van der Waals surface area contributed by atoms with Crippen molar-refractivity contribution in [3.63, 3.8) is 0 Å². The Balaban J connectivity index is 2.02. The second kappa shape index (κ2) is 5.17. The van der Waals surface area contributed by atoms with Crippen molar-refractivity contribution in [1.82, 2.24) is 4.90 Å². The molecule has 16 heavy (non-hydrogen) atoms. The lowest BCUT2D eigenvalue weighted by molar-refractivity contribution is 0.126. The predicted molar refractivity (Wildman–Crippen MR) is 73.8 cm³/mol. The van der Waals surface area contributed by atoms with Crippen molar-refractivity contribution < 1.29 is 0 Å². The molecule has 1 saturated heterocycles. The van der Waals surface area contributed by atoms with Gasteiger partial charge in [-0.3, -0.25) is 4.90 Å². The molecule has 2 heterocycles. The number of nitrogens with zero attached hydrogens (tertiary/aromatic N) is 1. The minimum absolute atomic E-state index is 0.388. The lowest BCUT2D eigenvalue weighted by atomic mass is 9.94. The smallest absolute Gasteiger partial charge is 0.0701 e. The zero-order valence-electron chi connectivity index (χ0n) is 9.82. The van der Waals surface area contributed by atoms with Crippen LogP contribution in [0.4, 0.5) is 0 Å². The van der Waals surface area contributed by atoms with Gasteiger partial charge in [0.2, 0.25) is 0 Å². The SMILES string of the molecule is CC1CN(C(C)c2ccc(Br)s2)CCC1N. The van der Waals surface area contributed by atoms with Crippen molar-refractivity contribution in [1.29, 1.82) is 0 Å². The molecule has 4 heteroatoms. The quantitative estimate of drug-likeness (QED) is 0.909. The minimum Gasteiger partial charge on any atom is -0.327 e. The normalized spacial score (nSPS) is 29.2.